The van der Waals surface area contributed by atoms with Crippen molar-refractivity contribution in [2.45, 2.75) is 44.7 Å². The molecule has 0 bridgehead atoms. The second-order valence-corrected chi connectivity index (χ2v) is 6.26. The Morgan fingerprint density at radius 1 is 1.38 bits per heavy atom. The van der Waals surface area contributed by atoms with E-state index in [0.717, 1.165) is 55.5 Å². The number of rotatable bonds is 8. The average molecular weight is 331 g/mol. The Hall–Kier alpha value is -2.06. The monoisotopic (exact) mass is 331 g/mol. The van der Waals surface area contributed by atoms with Crippen LogP contribution in [0, 0.1) is 6.92 Å². The molecule has 1 saturated carbocycles. The quantitative estimate of drug-likeness (QED) is 0.740. The standard InChI is InChI=1S/C16H25N7O/c1-11-20-14(12-7-13(17)8-12)9-15(21-11)18-4-3-16-22-19-10-23(16)5-6-24-2/h9-10,12-13H,3-8,17H2,1-2H3,(H,18,20,21). The summed E-state index contributed by atoms with van der Waals surface area (Å²) < 4.78 is 7.11. The van der Waals surface area contributed by atoms with Crippen LogP contribution < -0.4 is 11.1 Å². The third-order valence-corrected chi connectivity index (χ3v) is 4.34. The third-order valence-electron chi connectivity index (χ3n) is 4.34. The molecule has 24 heavy (non-hydrogen) atoms. The van der Waals surface area contributed by atoms with E-state index in [1.807, 2.05) is 17.6 Å². The fourth-order valence-electron chi connectivity index (χ4n) is 2.95. The first-order valence-electron chi connectivity index (χ1n) is 8.36. The molecule has 0 saturated heterocycles. The van der Waals surface area contributed by atoms with Gasteiger partial charge in [0.2, 0.25) is 0 Å². The van der Waals surface area contributed by atoms with Crippen LogP contribution in [-0.2, 0) is 17.7 Å². The highest BCUT2D eigenvalue weighted by atomic mass is 16.5. The zero-order valence-corrected chi connectivity index (χ0v) is 14.3. The van der Waals surface area contributed by atoms with Crippen molar-refractivity contribution in [3.8, 4) is 0 Å². The summed E-state index contributed by atoms with van der Waals surface area (Å²) in [7, 11) is 1.69. The van der Waals surface area contributed by atoms with Crippen molar-refractivity contribution in [3.63, 3.8) is 0 Å². The lowest BCUT2D eigenvalue weighted by molar-refractivity contribution is 0.186. The summed E-state index contributed by atoms with van der Waals surface area (Å²) in [6.45, 7) is 4.08. The Morgan fingerprint density at radius 3 is 2.96 bits per heavy atom. The van der Waals surface area contributed by atoms with E-state index in [1.165, 1.54) is 0 Å². The van der Waals surface area contributed by atoms with Crippen LogP contribution >= 0.6 is 0 Å². The molecule has 2 heterocycles. The van der Waals surface area contributed by atoms with E-state index in [4.69, 9.17) is 10.5 Å². The van der Waals surface area contributed by atoms with Gasteiger partial charge in [-0.15, -0.1) is 10.2 Å². The van der Waals surface area contributed by atoms with Gasteiger partial charge in [0.1, 0.15) is 23.8 Å². The van der Waals surface area contributed by atoms with E-state index >= 15 is 0 Å². The zero-order chi connectivity index (χ0) is 16.9. The third kappa shape index (κ3) is 4.07. The molecule has 3 rings (SSSR count). The van der Waals surface area contributed by atoms with Crippen LogP contribution in [0.3, 0.4) is 0 Å². The zero-order valence-electron chi connectivity index (χ0n) is 14.3. The van der Waals surface area contributed by atoms with E-state index in [-0.39, 0.29) is 0 Å². The summed E-state index contributed by atoms with van der Waals surface area (Å²) in [6, 6.07) is 2.36. The number of aryl methyl sites for hydroxylation is 1. The minimum atomic E-state index is 0.320. The van der Waals surface area contributed by atoms with Crippen LogP contribution in [0.1, 0.15) is 36.1 Å². The molecule has 0 unspecified atom stereocenters. The fourth-order valence-corrected chi connectivity index (χ4v) is 2.95. The summed E-state index contributed by atoms with van der Waals surface area (Å²) in [5.74, 6) is 3.06. The first-order chi connectivity index (χ1) is 11.7. The van der Waals surface area contributed by atoms with Gasteiger partial charge in [0.15, 0.2) is 0 Å². The van der Waals surface area contributed by atoms with Gasteiger partial charge in [-0.2, -0.15) is 0 Å². The number of ether oxygens (including phenoxy) is 1. The topological polar surface area (TPSA) is 104 Å². The van der Waals surface area contributed by atoms with E-state index in [0.29, 0.717) is 18.6 Å². The number of nitrogens with one attached hydrogen (secondary N) is 1. The van der Waals surface area contributed by atoms with Crippen molar-refractivity contribution in [1.29, 1.82) is 0 Å². The number of methoxy groups -OCH3 is 1. The van der Waals surface area contributed by atoms with Crippen LogP contribution in [0.5, 0.6) is 0 Å². The van der Waals surface area contributed by atoms with Gasteiger partial charge in [0, 0.05) is 50.3 Å². The SMILES string of the molecule is COCCn1cnnc1CCNc1cc(C2CC(N)C2)nc(C)n1. The first kappa shape index (κ1) is 16.8. The molecule has 0 aliphatic heterocycles. The van der Waals surface area contributed by atoms with Crippen LogP contribution in [-0.4, -0.2) is 51.0 Å². The summed E-state index contributed by atoms with van der Waals surface area (Å²) in [5.41, 5.74) is 6.97. The average Bonchev–Trinajstić information content (AvgIpc) is 2.97. The predicted octanol–water partition coefficient (Wildman–Crippen LogP) is 0.882. The smallest absolute Gasteiger partial charge is 0.134 e. The Kier molecular flexibility index (Phi) is 5.37. The molecule has 2 aromatic rings. The van der Waals surface area contributed by atoms with E-state index in [2.05, 4.69) is 25.5 Å². The van der Waals surface area contributed by atoms with Crippen LogP contribution in [0.15, 0.2) is 12.4 Å². The number of nitrogens with two attached hydrogens (primary N) is 1. The van der Waals surface area contributed by atoms with E-state index < -0.39 is 0 Å². The van der Waals surface area contributed by atoms with Gasteiger partial charge in [0.25, 0.3) is 0 Å². The number of anilines is 1. The van der Waals surface area contributed by atoms with Crippen molar-refractivity contribution in [3.05, 3.63) is 29.7 Å². The summed E-state index contributed by atoms with van der Waals surface area (Å²) >= 11 is 0. The van der Waals surface area contributed by atoms with Crippen molar-refractivity contribution < 1.29 is 4.74 Å². The maximum atomic E-state index is 5.88. The lowest BCUT2D eigenvalue weighted by atomic mass is 9.78. The highest BCUT2D eigenvalue weighted by Gasteiger charge is 2.28. The Labute approximate surface area is 141 Å². The normalized spacial score (nSPS) is 20.0. The van der Waals surface area contributed by atoms with Crippen molar-refractivity contribution >= 4 is 5.82 Å². The molecule has 0 spiro atoms. The number of hydrogen-bond acceptors (Lipinski definition) is 7. The van der Waals surface area contributed by atoms with Gasteiger partial charge >= 0.3 is 0 Å². The largest absolute Gasteiger partial charge is 0.383 e. The maximum Gasteiger partial charge on any atom is 0.134 e. The van der Waals surface area contributed by atoms with E-state index in [1.54, 1.807) is 13.4 Å². The summed E-state index contributed by atoms with van der Waals surface area (Å²) in [6.07, 6.45) is 4.54. The molecule has 3 N–H and O–H groups in total. The number of hydrogen-bond donors (Lipinski definition) is 2. The molecule has 1 fully saturated rings. The Bertz CT molecular complexity index is 666. The van der Waals surface area contributed by atoms with Gasteiger partial charge in [-0.3, -0.25) is 0 Å². The van der Waals surface area contributed by atoms with Crippen LogP contribution in [0.25, 0.3) is 0 Å². The van der Waals surface area contributed by atoms with Crippen LogP contribution in [0.4, 0.5) is 5.82 Å². The molecular formula is C16H25N7O. The lowest BCUT2D eigenvalue weighted by Gasteiger charge is -2.32. The molecule has 2 aromatic heterocycles. The van der Waals surface area contributed by atoms with Crippen molar-refractivity contribution in [2.75, 3.05) is 25.6 Å². The Morgan fingerprint density at radius 2 is 2.21 bits per heavy atom. The van der Waals surface area contributed by atoms with Gasteiger partial charge in [-0.1, -0.05) is 0 Å². The first-order valence-corrected chi connectivity index (χ1v) is 8.36. The molecule has 0 amide bonds. The summed E-state index contributed by atoms with van der Waals surface area (Å²) in [4.78, 5) is 9.02. The van der Waals surface area contributed by atoms with Crippen molar-refractivity contribution in [1.82, 2.24) is 24.7 Å². The van der Waals surface area contributed by atoms with Gasteiger partial charge in [-0.25, -0.2) is 9.97 Å². The molecular weight excluding hydrogens is 306 g/mol. The van der Waals surface area contributed by atoms with Gasteiger partial charge in [0.05, 0.1) is 6.61 Å². The highest BCUT2D eigenvalue weighted by molar-refractivity contribution is 5.37. The minimum absolute atomic E-state index is 0.320. The molecule has 0 radical (unpaired) electrons. The van der Waals surface area contributed by atoms with Gasteiger partial charge < -0.3 is 20.4 Å². The van der Waals surface area contributed by atoms with Gasteiger partial charge in [-0.05, 0) is 19.8 Å². The van der Waals surface area contributed by atoms with Crippen molar-refractivity contribution in [2.24, 2.45) is 5.73 Å². The molecule has 8 heteroatoms. The predicted molar refractivity (Wildman–Crippen MR) is 90.8 cm³/mol. The maximum absolute atomic E-state index is 5.88. The molecule has 130 valence electrons. The number of aromatic nitrogens is 5. The number of nitrogens with zero attached hydrogens (tertiary/aromatic N) is 5. The molecule has 1 aliphatic carbocycles. The summed E-state index contributed by atoms with van der Waals surface area (Å²) in [5, 5.41) is 11.5. The highest BCUT2D eigenvalue weighted by Crippen LogP contribution is 2.35. The van der Waals surface area contributed by atoms with E-state index in [9.17, 15) is 0 Å². The van der Waals surface area contributed by atoms with Crippen LogP contribution in [0.2, 0.25) is 0 Å². The fraction of sp³-hybridized carbons (Fsp3) is 0.625. The molecule has 0 atom stereocenters. The second-order valence-electron chi connectivity index (χ2n) is 6.26. The Balaban J connectivity index is 1.56. The lowest BCUT2D eigenvalue weighted by Crippen LogP contribution is -2.35. The second kappa shape index (κ2) is 7.67. The minimum Gasteiger partial charge on any atom is -0.383 e. The molecule has 1 aliphatic rings. The molecule has 8 nitrogen and oxygen atoms in total. The molecule has 0 aromatic carbocycles.